The quantitative estimate of drug-likeness (QED) is 0.825. The van der Waals surface area contributed by atoms with Crippen LogP contribution in [0.1, 0.15) is 32.3 Å². The molecule has 0 spiro atoms. The van der Waals surface area contributed by atoms with Crippen molar-refractivity contribution in [2.24, 2.45) is 0 Å². The number of halogens is 1. The Morgan fingerprint density at radius 3 is 2.53 bits per heavy atom. The molecule has 1 fully saturated rings. The summed E-state index contributed by atoms with van der Waals surface area (Å²) in [6.07, 6.45) is 1.69. The van der Waals surface area contributed by atoms with Crippen molar-refractivity contribution in [2.75, 3.05) is 13.1 Å². The van der Waals surface area contributed by atoms with Gasteiger partial charge in [-0.15, -0.1) is 0 Å². The lowest BCUT2D eigenvalue weighted by Gasteiger charge is -2.18. The SMILES string of the molecule is CCN[C@H](C)CNC(=O)C1(c2ccc(F)cc2)CC1. The molecule has 0 radical (unpaired) electrons. The van der Waals surface area contributed by atoms with Crippen molar-refractivity contribution in [3.05, 3.63) is 35.6 Å². The molecule has 2 N–H and O–H groups in total. The highest BCUT2D eigenvalue weighted by molar-refractivity contribution is 5.91. The minimum Gasteiger partial charge on any atom is -0.354 e. The first-order valence-corrected chi connectivity index (χ1v) is 6.86. The number of rotatable bonds is 6. The van der Waals surface area contributed by atoms with E-state index in [2.05, 4.69) is 10.6 Å². The molecule has 0 bridgehead atoms. The van der Waals surface area contributed by atoms with Gasteiger partial charge in [-0.1, -0.05) is 19.1 Å². The number of benzene rings is 1. The van der Waals surface area contributed by atoms with Gasteiger partial charge in [0.15, 0.2) is 0 Å². The fourth-order valence-corrected chi connectivity index (χ4v) is 2.38. The topological polar surface area (TPSA) is 41.1 Å². The fourth-order valence-electron chi connectivity index (χ4n) is 2.38. The molecule has 1 aliphatic carbocycles. The van der Waals surface area contributed by atoms with Gasteiger partial charge in [0.25, 0.3) is 0 Å². The summed E-state index contributed by atoms with van der Waals surface area (Å²) in [6, 6.07) is 6.54. The predicted molar refractivity (Wildman–Crippen MR) is 73.5 cm³/mol. The Balaban J connectivity index is 1.96. The highest BCUT2D eigenvalue weighted by atomic mass is 19.1. The van der Waals surface area contributed by atoms with Gasteiger partial charge in [-0.2, -0.15) is 0 Å². The van der Waals surface area contributed by atoms with Crippen molar-refractivity contribution in [1.29, 1.82) is 0 Å². The van der Waals surface area contributed by atoms with Crippen molar-refractivity contribution in [3.63, 3.8) is 0 Å². The molecular weight excluding hydrogens is 243 g/mol. The van der Waals surface area contributed by atoms with Crippen molar-refractivity contribution in [2.45, 2.75) is 38.1 Å². The van der Waals surface area contributed by atoms with Gasteiger partial charge in [0.05, 0.1) is 5.41 Å². The van der Waals surface area contributed by atoms with Crippen LogP contribution in [0.4, 0.5) is 4.39 Å². The molecule has 1 aromatic carbocycles. The average molecular weight is 264 g/mol. The van der Waals surface area contributed by atoms with Crippen molar-refractivity contribution >= 4 is 5.91 Å². The van der Waals surface area contributed by atoms with E-state index in [0.29, 0.717) is 6.54 Å². The van der Waals surface area contributed by atoms with Crippen LogP contribution >= 0.6 is 0 Å². The van der Waals surface area contributed by atoms with E-state index in [9.17, 15) is 9.18 Å². The van der Waals surface area contributed by atoms with Crippen LogP contribution in [-0.4, -0.2) is 25.0 Å². The molecule has 0 heterocycles. The van der Waals surface area contributed by atoms with Crippen LogP contribution < -0.4 is 10.6 Å². The first-order valence-electron chi connectivity index (χ1n) is 6.86. The second-order valence-corrected chi connectivity index (χ2v) is 5.26. The summed E-state index contributed by atoms with van der Waals surface area (Å²) in [7, 11) is 0. The largest absolute Gasteiger partial charge is 0.354 e. The van der Waals surface area contributed by atoms with Gasteiger partial charge >= 0.3 is 0 Å². The van der Waals surface area contributed by atoms with Gasteiger partial charge in [-0.25, -0.2) is 4.39 Å². The molecule has 0 aromatic heterocycles. The predicted octanol–water partition coefficient (Wildman–Crippen LogP) is 1.97. The normalized spacial score (nSPS) is 17.8. The van der Waals surface area contributed by atoms with Gasteiger partial charge in [0.2, 0.25) is 5.91 Å². The maximum Gasteiger partial charge on any atom is 0.230 e. The summed E-state index contributed by atoms with van der Waals surface area (Å²) in [5.41, 5.74) is 0.502. The lowest BCUT2D eigenvalue weighted by atomic mass is 9.95. The minimum atomic E-state index is -0.417. The minimum absolute atomic E-state index is 0.0591. The second-order valence-electron chi connectivity index (χ2n) is 5.26. The maximum atomic E-state index is 12.9. The summed E-state index contributed by atoms with van der Waals surface area (Å²) >= 11 is 0. The molecule has 2 rings (SSSR count). The Kier molecular flexibility index (Phi) is 4.20. The van der Waals surface area contributed by atoms with E-state index in [1.807, 2.05) is 13.8 Å². The number of hydrogen-bond acceptors (Lipinski definition) is 2. The van der Waals surface area contributed by atoms with Crippen LogP contribution in [0.15, 0.2) is 24.3 Å². The number of carbonyl (C=O) groups excluding carboxylic acids is 1. The molecular formula is C15H21FN2O. The van der Waals surface area contributed by atoms with E-state index in [4.69, 9.17) is 0 Å². The molecule has 1 saturated carbocycles. The third kappa shape index (κ3) is 3.13. The van der Waals surface area contributed by atoms with E-state index in [-0.39, 0.29) is 17.8 Å². The van der Waals surface area contributed by atoms with Gasteiger partial charge < -0.3 is 10.6 Å². The molecule has 19 heavy (non-hydrogen) atoms. The third-order valence-electron chi connectivity index (χ3n) is 3.70. The van der Waals surface area contributed by atoms with Crippen LogP contribution in [0.3, 0.4) is 0 Å². The molecule has 1 aromatic rings. The summed E-state index contributed by atoms with van der Waals surface area (Å²) in [4.78, 5) is 12.3. The zero-order valence-corrected chi connectivity index (χ0v) is 11.5. The zero-order valence-electron chi connectivity index (χ0n) is 11.5. The van der Waals surface area contributed by atoms with Crippen molar-refractivity contribution in [1.82, 2.24) is 10.6 Å². The molecule has 4 heteroatoms. The van der Waals surface area contributed by atoms with Gasteiger partial charge in [-0.05, 0) is 44.0 Å². The Bertz CT molecular complexity index is 440. The third-order valence-corrected chi connectivity index (χ3v) is 3.70. The van der Waals surface area contributed by atoms with Gasteiger partial charge in [0.1, 0.15) is 5.82 Å². The van der Waals surface area contributed by atoms with Crippen LogP contribution in [-0.2, 0) is 10.2 Å². The molecule has 0 saturated heterocycles. The first-order chi connectivity index (χ1) is 9.08. The first kappa shape index (κ1) is 14.0. The molecule has 0 aliphatic heterocycles. The summed E-state index contributed by atoms with van der Waals surface area (Å²) < 4.78 is 12.9. The number of likely N-dealkylation sites (N-methyl/N-ethyl adjacent to an activating group) is 1. The van der Waals surface area contributed by atoms with E-state index < -0.39 is 5.41 Å². The van der Waals surface area contributed by atoms with Crippen LogP contribution in [0.5, 0.6) is 0 Å². The molecule has 104 valence electrons. The highest BCUT2D eigenvalue weighted by Crippen LogP contribution is 2.48. The van der Waals surface area contributed by atoms with Crippen LogP contribution in [0.25, 0.3) is 0 Å². The number of hydrogen-bond donors (Lipinski definition) is 2. The standard InChI is InChI=1S/C15H21FN2O/c1-3-17-11(2)10-18-14(19)15(8-9-15)12-4-6-13(16)7-5-12/h4-7,11,17H,3,8-10H2,1-2H3,(H,18,19)/t11-/m1/s1. The van der Waals surface area contributed by atoms with E-state index in [1.165, 1.54) is 12.1 Å². The Hall–Kier alpha value is -1.42. The van der Waals surface area contributed by atoms with Crippen LogP contribution in [0.2, 0.25) is 0 Å². The molecule has 1 aliphatic rings. The lowest BCUT2D eigenvalue weighted by molar-refractivity contribution is -0.123. The zero-order chi connectivity index (χ0) is 13.9. The Labute approximate surface area is 113 Å². The van der Waals surface area contributed by atoms with Crippen LogP contribution in [0, 0.1) is 5.82 Å². The summed E-state index contributed by atoms with van der Waals surface area (Å²) in [5, 5.41) is 6.24. The Morgan fingerprint density at radius 2 is 2.00 bits per heavy atom. The molecule has 0 unspecified atom stereocenters. The van der Waals surface area contributed by atoms with E-state index in [0.717, 1.165) is 24.9 Å². The number of nitrogens with one attached hydrogen (secondary N) is 2. The monoisotopic (exact) mass is 264 g/mol. The van der Waals surface area contributed by atoms with Crippen molar-refractivity contribution < 1.29 is 9.18 Å². The number of amides is 1. The van der Waals surface area contributed by atoms with Gasteiger partial charge in [-0.3, -0.25) is 4.79 Å². The van der Waals surface area contributed by atoms with E-state index >= 15 is 0 Å². The molecule has 3 nitrogen and oxygen atoms in total. The molecule has 1 amide bonds. The highest BCUT2D eigenvalue weighted by Gasteiger charge is 2.51. The summed E-state index contributed by atoms with van der Waals surface area (Å²) in [6.45, 7) is 5.59. The smallest absolute Gasteiger partial charge is 0.230 e. The maximum absolute atomic E-state index is 12.9. The number of carbonyl (C=O) groups is 1. The fraction of sp³-hybridized carbons (Fsp3) is 0.533. The van der Waals surface area contributed by atoms with Crippen molar-refractivity contribution in [3.8, 4) is 0 Å². The second kappa shape index (κ2) is 5.70. The van der Waals surface area contributed by atoms with E-state index in [1.54, 1.807) is 12.1 Å². The van der Waals surface area contributed by atoms with Gasteiger partial charge in [0, 0.05) is 12.6 Å². The molecule has 1 atom stereocenters. The average Bonchev–Trinajstić information content (AvgIpc) is 3.19. The lowest BCUT2D eigenvalue weighted by Crippen LogP contribution is -2.42. The Morgan fingerprint density at radius 1 is 1.37 bits per heavy atom. The summed E-state index contributed by atoms with van der Waals surface area (Å²) in [5.74, 6) is -0.204.